The lowest BCUT2D eigenvalue weighted by molar-refractivity contribution is -0.115. The monoisotopic (exact) mass is 328 g/mol. The number of anilines is 2. The second-order valence-electron chi connectivity index (χ2n) is 5.45. The summed E-state index contributed by atoms with van der Waals surface area (Å²) >= 11 is 0. The fourth-order valence-electron chi connectivity index (χ4n) is 2.47. The summed E-state index contributed by atoms with van der Waals surface area (Å²) in [5.74, 6) is 1.88. The van der Waals surface area contributed by atoms with Gasteiger partial charge in [-0.3, -0.25) is 4.79 Å². The first-order valence-electron chi connectivity index (χ1n) is 7.84. The molecule has 1 aromatic heterocycles. The average molecular weight is 328 g/mol. The van der Waals surface area contributed by atoms with Gasteiger partial charge in [-0.2, -0.15) is 0 Å². The molecule has 1 aromatic carbocycles. The third kappa shape index (κ3) is 4.20. The summed E-state index contributed by atoms with van der Waals surface area (Å²) in [6.07, 6.45) is 0.275. The van der Waals surface area contributed by atoms with E-state index in [1.165, 1.54) is 0 Å². The summed E-state index contributed by atoms with van der Waals surface area (Å²) in [4.78, 5) is 14.2. The Morgan fingerprint density at radius 1 is 1.17 bits per heavy atom. The normalized spacial score (nSPS) is 14.3. The Bertz CT molecular complexity index is 667. The van der Waals surface area contributed by atoms with Gasteiger partial charge in [0.25, 0.3) is 0 Å². The van der Waals surface area contributed by atoms with Crippen LogP contribution in [0.1, 0.15) is 5.56 Å². The van der Waals surface area contributed by atoms with Crippen molar-refractivity contribution in [2.75, 3.05) is 43.6 Å². The minimum atomic E-state index is -0.131. The Labute approximate surface area is 140 Å². The molecular formula is C17H20N4O3. The Morgan fingerprint density at radius 2 is 1.92 bits per heavy atom. The largest absolute Gasteiger partial charge is 0.497 e. The van der Waals surface area contributed by atoms with E-state index < -0.39 is 0 Å². The van der Waals surface area contributed by atoms with E-state index >= 15 is 0 Å². The number of carbonyl (C=O) groups excluding carboxylic acids is 1. The van der Waals surface area contributed by atoms with Crippen molar-refractivity contribution in [3.8, 4) is 5.75 Å². The zero-order chi connectivity index (χ0) is 16.8. The number of nitrogens with one attached hydrogen (secondary N) is 1. The highest BCUT2D eigenvalue weighted by Crippen LogP contribution is 2.14. The molecule has 0 bridgehead atoms. The minimum Gasteiger partial charge on any atom is -0.497 e. The van der Waals surface area contributed by atoms with Gasteiger partial charge in [-0.15, -0.1) is 10.2 Å². The summed E-state index contributed by atoms with van der Waals surface area (Å²) in [7, 11) is 1.61. The Morgan fingerprint density at radius 3 is 2.54 bits per heavy atom. The molecule has 126 valence electrons. The summed E-state index contributed by atoms with van der Waals surface area (Å²) in [5, 5.41) is 11.0. The first-order chi connectivity index (χ1) is 11.7. The van der Waals surface area contributed by atoms with Crippen LogP contribution in [-0.4, -0.2) is 49.5 Å². The van der Waals surface area contributed by atoms with Crippen LogP contribution in [0.15, 0.2) is 36.4 Å². The first-order valence-corrected chi connectivity index (χ1v) is 7.84. The van der Waals surface area contributed by atoms with Gasteiger partial charge in [-0.25, -0.2) is 0 Å². The van der Waals surface area contributed by atoms with Crippen molar-refractivity contribution in [2.45, 2.75) is 6.42 Å². The van der Waals surface area contributed by atoms with E-state index in [4.69, 9.17) is 9.47 Å². The van der Waals surface area contributed by atoms with E-state index in [1.807, 2.05) is 30.3 Å². The van der Waals surface area contributed by atoms with Gasteiger partial charge < -0.3 is 19.7 Å². The molecule has 1 saturated heterocycles. The predicted octanol–water partition coefficient (Wildman–Crippen LogP) is 1.50. The van der Waals surface area contributed by atoms with Gasteiger partial charge in [0.05, 0.1) is 26.7 Å². The number of ether oxygens (including phenoxy) is 2. The van der Waals surface area contributed by atoms with Gasteiger partial charge in [-0.05, 0) is 29.8 Å². The van der Waals surface area contributed by atoms with Crippen molar-refractivity contribution in [1.82, 2.24) is 10.2 Å². The third-order valence-corrected chi connectivity index (χ3v) is 3.78. The molecule has 0 unspecified atom stereocenters. The third-order valence-electron chi connectivity index (χ3n) is 3.78. The fourth-order valence-corrected chi connectivity index (χ4v) is 2.47. The highest BCUT2D eigenvalue weighted by Gasteiger charge is 2.13. The van der Waals surface area contributed by atoms with Gasteiger partial charge in [0, 0.05) is 13.1 Å². The van der Waals surface area contributed by atoms with Crippen molar-refractivity contribution in [3.05, 3.63) is 42.0 Å². The number of hydrogen-bond acceptors (Lipinski definition) is 6. The number of carbonyl (C=O) groups is 1. The molecule has 2 heterocycles. The van der Waals surface area contributed by atoms with E-state index in [2.05, 4.69) is 20.4 Å². The van der Waals surface area contributed by atoms with Crippen LogP contribution in [0.4, 0.5) is 11.6 Å². The topological polar surface area (TPSA) is 76.6 Å². The van der Waals surface area contributed by atoms with Crippen LogP contribution in [0.25, 0.3) is 0 Å². The number of methoxy groups -OCH3 is 1. The van der Waals surface area contributed by atoms with Crippen molar-refractivity contribution < 1.29 is 14.3 Å². The maximum Gasteiger partial charge on any atom is 0.229 e. The van der Waals surface area contributed by atoms with Gasteiger partial charge in [-0.1, -0.05) is 12.1 Å². The Hall–Kier alpha value is -2.67. The molecule has 7 heteroatoms. The molecule has 24 heavy (non-hydrogen) atoms. The van der Waals surface area contributed by atoms with Crippen LogP contribution in [0, 0.1) is 0 Å². The summed E-state index contributed by atoms with van der Waals surface area (Å²) in [6, 6.07) is 11.0. The molecule has 0 spiro atoms. The van der Waals surface area contributed by atoms with E-state index in [1.54, 1.807) is 13.2 Å². The summed E-state index contributed by atoms with van der Waals surface area (Å²) in [6.45, 7) is 3.00. The number of nitrogens with zero attached hydrogens (tertiary/aromatic N) is 3. The lowest BCUT2D eigenvalue weighted by Gasteiger charge is -2.27. The molecule has 3 rings (SSSR count). The van der Waals surface area contributed by atoms with Crippen LogP contribution >= 0.6 is 0 Å². The molecule has 1 N–H and O–H groups in total. The van der Waals surface area contributed by atoms with Crippen LogP contribution in [0.3, 0.4) is 0 Å². The zero-order valence-corrected chi connectivity index (χ0v) is 13.6. The smallest absolute Gasteiger partial charge is 0.229 e. The maximum atomic E-state index is 12.1. The summed E-state index contributed by atoms with van der Waals surface area (Å²) < 4.78 is 10.4. The minimum absolute atomic E-state index is 0.131. The van der Waals surface area contributed by atoms with Crippen LogP contribution in [0.2, 0.25) is 0 Å². The first kappa shape index (κ1) is 16.2. The van der Waals surface area contributed by atoms with Crippen LogP contribution in [0.5, 0.6) is 5.75 Å². The number of aromatic nitrogens is 2. The SMILES string of the molecule is COc1ccc(CC(=O)Nc2ccc(N3CCOCC3)nn2)cc1. The Balaban J connectivity index is 1.55. The van der Waals surface area contributed by atoms with Crippen molar-refractivity contribution in [2.24, 2.45) is 0 Å². The average Bonchev–Trinajstić information content (AvgIpc) is 2.64. The molecule has 0 aliphatic carbocycles. The summed E-state index contributed by atoms with van der Waals surface area (Å²) in [5.41, 5.74) is 0.909. The molecule has 1 fully saturated rings. The predicted molar refractivity (Wildman–Crippen MR) is 90.4 cm³/mol. The maximum absolute atomic E-state index is 12.1. The molecule has 1 aliphatic rings. The van der Waals surface area contributed by atoms with Gasteiger partial charge in [0.2, 0.25) is 5.91 Å². The molecule has 0 atom stereocenters. The lowest BCUT2D eigenvalue weighted by atomic mass is 10.1. The van der Waals surface area contributed by atoms with Gasteiger partial charge in [0.1, 0.15) is 5.75 Å². The molecule has 0 radical (unpaired) electrons. The molecule has 2 aromatic rings. The quantitative estimate of drug-likeness (QED) is 0.896. The van der Waals surface area contributed by atoms with E-state index in [9.17, 15) is 4.79 Å². The number of benzene rings is 1. The highest BCUT2D eigenvalue weighted by atomic mass is 16.5. The van der Waals surface area contributed by atoms with Crippen LogP contribution in [-0.2, 0) is 16.0 Å². The number of rotatable bonds is 5. The number of amides is 1. The number of hydrogen-bond donors (Lipinski definition) is 1. The van der Waals surface area contributed by atoms with Crippen molar-refractivity contribution >= 4 is 17.5 Å². The second-order valence-corrected chi connectivity index (χ2v) is 5.45. The number of morpholine rings is 1. The van der Waals surface area contributed by atoms with Crippen molar-refractivity contribution in [1.29, 1.82) is 0 Å². The standard InChI is InChI=1S/C17H20N4O3/c1-23-14-4-2-13(3-5-14)12-17(22)18-15-6-7-16(20-19-15)21-8-10-24-11-9-21/h2-7H,8-12H2,1H3,(H,18,19,22). The van der Waals surface area contributed by atoms with Gasteiger partial charge >= 0.3 is 0 Å². The fraction of sp³-hybridized carbons (Fsp3) is 0.353. The van der Waals surface area contributed by atoms with E-state index in [0.717, 1.165) is 30.2 Å². The highest BCUT2D eigenvalue weighted by molar-refractivity contribution is 5.91. The Kier molecular flexibility index (Phi) is 5.22. The van der Waals surface area contributed by atoms with Crippen LogP contribution < -0.4 is 15.0 Å². The molecule has 1 amide bonds. The second kappa shape index (κ2) is 7.74. The lowest BCUT2D eigenvalue weighted by Crippen LogP contribution is -2.36. The molecule has 0 saturated carbocycles. The van der Waals surface area contributed by atoms with Crippen molar-refractivity contribution in [3.63, 3.8) is 0 Å². The van der Waals surface area contributed by atoms with E-state index in [0.29, 0.717) is 19.0 Å². The molecular weight excluding hydrogens is 308 g/mol. The zero-order valence-electron chi connectivity index (χ0n) is 13.6. The van der Waals surface area contributed by atoms with E-state index in [-0.39, 0.29) is 12.3 Å². The molecule has 1 aliphatic heterocycles. The molecule has 7 nitrogen and oxygen atoms in total. The van der Waals surface area contributed by atoms with Gasteiger partial charge in [0.15, 0.2) is 11.6 Å².